The lowest BCUT2D eigenvalue weighted by molar-refractivity contribution is -0.123. The summed E-state index contributed by atoms with van der Waals surface area (Å²) in [5.74, 6) is -0.441. The van der Waals surface area contributed by atoms with E-state index >= 15 is 0 Å². The zero-order valence-corrected chi connectivity index (χ0v) is 16.8. The molecule has 2 aromatic rings. The lowest BCUT2D eigenvalue weighted by atomic mass is 9.95. The van der Waals surface area contributed by atoms with Gasteiger partial charge < -0.3 is 16.0 Å². The molecule has 6 heteroatoms. The Balaban J connectivity index is 1.79. The second kappa shape index (κ2) is 9.35. The summed E-state index contributed by atoms with van der Waals surface area (Å²) in [6, 6.07) is 13.1. The number of hydrogen-bond acceptors (Lipinski definition) is 3. The second-order valence-corrected chi connectivity index (χ2v) is 7.81. The topological polar surface area (TPSA) is 70.2 Å². The molecule has 150 valence electrons. The molecule has 1 atom stereocenters. The number of benzene rings is 2. The van der Waals surface area contributed by atoms with Crippen molar-refractivity contribution in [3.63, 3.8) is 0 Å². The smallest absolute Gasteiger partial charge is 0.242 e. The first-order valence-corrected chi connectivity index (χ1v) is 9.35. The largest absolute Gasteiger partial charge is 0.374 e. The molecule has 0 bridgehead atoms. The highest BCUT2D eigenvalue weighted by atomic mass is 19.1. The SMILES string of the molecule is CC(Nc1ccc(NC(=O)C(C)(C)C)cc1)C(=O)NCCc1ccc(F)cc1. The van der Waals surface area contributed by atoms with E-state index in [0.717, 1.165) is 11.3 Å². The molecule has 0 aliphatic rings. The highest BCUT2D eigenvalue weighted by Gasteiger charge is 2.21. The van der Waals surface area contributed by atoms with E-state index in [1.165, 1.54) is 12.1 Å². The van der Waals surface area contributed by atoms with E-state index in [9.17, 15) is 14.0 Å². The Morgan fingerprint density at radius 3 is 2.11 bits per heavy atom. The zero-order valence-electron chi connectivity index (χ0n) is 16.8. The Kier molecular flexibility index (Phi) is 7.15. The van der Waals surface area contributed by atoms with Crippen molar-refractivity contribution in [3.8, 4) is 0 Å². The van der Waals surface area contributed by atoms with Gasteiger partial charge >= 0.3 is 0 Å². The number of nitrogens with one attached hydrogen (secondary N) is 3. The van der Waals surface area contributed by atoms with Crippen LogP contribution in [0, 0.1) is 11.2 Å². The predicted molar refractivity (Wildman–Crippen MR) is 111 cm³/mol. The molecule has 0 aromatic heterocycles. The first-order valence-electron chi connectivity index (χ1n) is 9.35. The van der Waals surface area contributed by atoms with E-state index in [1.807, 2.05) is 32.9 Å². The molecule has 28 heavy (non-hydrogen) atoms. The average Bonchev–Trinajstić information content (AvgIpc) is 2.64. The quantitative estimate of drug-likeness (QED) is 0.675. The third-order valence-electron chi connectivity index (χ3n) is 4.23. The molecule has 5 nitrogen and oxygen atoms in total. The molecule has 0 aliphatic heterocycles. The summed E-state index contributed by atoms with van der Waals surface area (Å²) in [5.41, 5.74) is 2.00. The van der Waals surface area contributed by atoms with Gasteiger partial charge in [-0.15, -0.1) is 0 Å². The van der Waals surface area contributed by atoms with Crippen LogP contribution in [0.5, 0.6) is 0 Å². The minimum atomic E-state index is -0.461. The summed E-state index contributed by atoms with van der Waals surface area (Å²) in [4.78, 5) is 24.2. The molecule has 0 saturated heterocycles. The van der Waals surface area contributed by atoms with Gasteiger partial charge in [0, 0.05) is 23.3 Å². The molecule has 1 unspecified atom stereocenters. The van der Waals surface area contributed by atoms with Crippen molar-refractivity contribution >= 4 is 23.2 Å². The fraction of sp³-hybridized carbons (Fsp3) is 0.364. The number of halogens is 1. The van der Waals surface area contributed by atoms with E-state index in [4.69, 9.17) is 0 Å². The number of rotatable bonds is 7. The molecule has 0 radical (unpaired) electrons. The Bertz CT molecular complexity index is 796. The Morgan fingerprint density at radius 2 is 1.54 bits per heavy atom. The van der Waals surface area contributed by atoms with E-state index in [0.29, 0.717) is 18.7 Å². The van der Waals surface area contributed by atoms with Gasteiger partial charge in [-0.1, -0.05) is 32.9 Å². The molecule has 2 aromatic carbocycles. The van der Waals surface area contributed by atoms with Crippen molar-refractivity contribution in [2.75, 3.05) is 17.2 Å². The van der Waals surface area contributed by atoms with Gasteiger partial charge in [-0.05, 0) is 55.3 Å². The molecule has 3 N–H and O–H groups in total. The monoisotopic (exact) mass is 385 g/mol. The summed E-state index contributed by atoms with van der Waals surface area (Å²) >= 11 is 0. The number of anilines is 2. The van der Waals surface area contributed by atoms with E-state index < -0.39 is 11.5 Å². The molecular formula is C22H28FN3O2. The maximum Gasteiger partial charge on any atom is 0.242 e. The second-order valence-electron chi connectivity index (χ2n) is 7.81. The number of amides is 2. The van der Waals surface area contributed by atoms with Gasteiger partial charge in [-0.25, -0.2) is 4.39 Å². The van der Waals surface area contributed by atoms with Gasteiger partial charge in [0.15, 0.2) is 0 Å². The van der Waals surface area contributed by atoms with Crippen LogP contribution in [0.4, 0.5) is 15.8 Å². The van der Waals surface area contributed by atoms with Gasteiger partial charge in [0.2, 0.25) is 11.8 Å². The third-order valence-corrected chi connectivity index (χ3v) is 4.23. The molecule has 0 fully saturated rings. The molecule has 2 amide bonds. The van der Waals surface area contributed by atoms with Gasteiger partial charge in [-0.2, -0.15) is 0 Å². The Morgan fingerprint density at radius 1 is 0.964 bits per heavy atom. The van der Waals surface area contributed by atoms with E-state index in [2.05, 4.69) is 16.0 Å². The maximum absolute atomic E-state index is 12.9. The van der Waals surface area contributed by atoms with Gasteiger partial charge in [0.1, 0.15) is 11.9 Å². The lowest BCUT2D eigenvalue weighted by Crippen LogP contribution is -2.38. The predicted octanol–water partition coefficient (Wildman–Crippen LogP) is 3.97. The van der Waals surface area contributed by atoms with Crippen molar-refractivity contribution in [1.29, 1.82) is 0 Å². The molecular weight excluding hydrogens is 357 g/mol. The Labute approximate surface area is 165 Å². The molecule has 0 heterocycles. The molecule has 0 saturated carbocycles. The van der Waals surface area contributed by atoms with E-state index in [1.54, 1.807) is 31.2 Å². The minimum absolute atomic E-state index is 0.0536. The first-order chi connectivity index (χ1) is 13.1. The van der Waals surface area contributed by atoms with Crippen molar-refractivity contribution in [2.45, 2.75) is 40.2 Å². The highest BCUT2D eigenvalue weighted by molar-refractivity contribution is 5.94. The van der Waals surface area contributed by atoms with Crippen LogP contribution in [0.25, 0.3) is 0 Å². The van der Waals surface area contributed by atoms with Crippen LogP contribution in [-0.4, -0.2) is 24.4 Å². The average molecular weight is 385 g/mol. The van der Waals surface area contributed by atoms with Gasteiger partial charge in [0.25, 0.3) is 0 Å². The number of carbonyl (C=O) groups is 2. The van der Waals surface area contributed by atoms with Crippen LogP contribution >= 0.6 is 0 Å². The van der Waals surface area contributed by atoms with Crippen LogP contribution in [0.15, 0.2) is 48.5 Å². The summed E-state index contributed by atoms with van der Waals surface area (Å²) < 4.78 is 12.9. The van der Waals surface area contributed by atoms with Crippen LogP contribution in [-0.2, 0) is 16.0 Å². The fourth-order valence-corrected chi connectivity index (χ4v) is 2.42. The van der Waals surface area contributed by atoms with Crippen LogP contribution in [0.3, 0.4) is 0 Å². The number of hydrogen-bond donors (Lipinski definition) is 3. The molecule has 0 aliphatic carbocycles. The van der Waals surface area contributed by atoms with Crippen LogP contribution in [0.2, 0.25) is 0 Å². The molecule has 0 spiro atoms. The standard InChI is InChI=1S/C22H28FN3O2/c1-15(20(27)24-14-13-16-5-7-17(23)8-6-16)25-18-9-11-19(12-10-18)26-21(28)22(2,3)4/h5-12,15,25H,13-14H2,1-4H3,(H,24,27)(H,26,28). The van der Waals surface area contributed by atoms with Crippen molar-refractivity contribution in [1.82, 2.24) is 5.32 Å². The van der Waals surface area contributed by atoms with Crippen LogP contribution < -0.4 is 16.0 Å². The summed E-state index contributed by atoms with van der Waals surface area (Å²) in [6.45, 7) is 7.83. The molecule has 2 rings (SSSR count). The normalized spacial score (nSPS) is 12.2. The number of carbonyl (C=O) groups excluding carboxylic acids is 2. The fourth-order valence-electron chi connectivity index (χ4n) is 2.42. The van der Waals surface area contributed by atoms with Crippen LogP contribution in [0.1, 0.15) is 33.3 Å². The van der Waals surface area contributed by atoms with Crippen molar-refractivity contribution in [2.24, 2.45) is 5.41 Å². The van der Waals surface area contributed by atoms with Gasteiger partial charge in [0.05, 0.1) is 0 Å². The summed E-state index contributed by atoms with van der Waals surface area (Å²) in [7, 11) is 0. The summed E-state index contributed by atoms with van der Waals surface area (Å²) in [5, 5.41) is 8.86. The minimum Gasteiger partial charge on any atom is -0.374 e. The zero-order chi connectivity index (χ0) is 20.7. The van der Waals surface area contributed by atoms with Gasteiger partial charge in [-0.3, -0.25) is 9.59 Å². The maximum atomic E-state index is 12.9. The highest BCUT2D eigenvalue weighted by Crippen LogP contribution is 2.19. The first kappa shape index (κ1) is 21.4. The Hall–Kier alpha value is -2.89. The lowest BCUT2D eigenvalue weighted by Gasteiger charge is -2.18. The van der Waals surface area contributed by atoms with Crippen molar-refractivity contribution < 1.29 is 14.0 Å². The summed E-state index contributed by atoms with van der Waals surface area (Å²) in [6.07, 6.45) is 0.640. The van der Waals surface area contributed by atoms with Crippen molar-refractivity contribution in [3.05, 3.63) is 59.9 Å². The third kappa shape index (κ3) is 6.68. The van der Waals surface area contributed by atoms with E-state index in [-0.39, 0.29) is 17.6 Å².